The zero-order chi connectivity index (χ0) is 25.1. The van der Waals surface area contributed by atoms with Crippen LogP contribution in [0.1, 0.15) is 87.0 Å². The number of carbonyl (C=O) groups is 1. The smallest absolute Gasteiger partial charge is 0.311 e. The van der Waals surface area contributed by atoms with Gasteiger partial charge in [0.25, 0.3) is 0 Å². The maximum absolute atomic E-state index is 12.0. The fraction of sp³-hybridized carbons (Fsp3) is 0.923. The largest absolute Gasteiger partial charge is 0.465 e. The highest BCUT2D eigenvalue weighted by molar-refractivity contribution is 6.74. The van der Waals surface area contributed by atoms with Gasteiger partial charge in [-0.15, -0.1) is 0 Å². The summed E-state index contributed by atoms with van der Waals surface area (Å²) in [4.78, 5) is 15.7. The predicted molar refractivity (Wildman–Crippen MR) is 134 cm³/mol. The number of fused-ring (bicyclic) bond motifs is 1. The van der Waals surface area contributed by atoms with Gasteiger partial charge in [-0.25, -0.2) is 6.57 Å². The van der Waals surface area contributed by atoms with E-state index in [0.29, 0.717) is 13.2 Å². The Morgan fingerprint density at radius 3 is 2.42 bits per heavy atom. The lowest BCUT2D eigenvalue weighted by molar-refractivity contribution is -0.181. The first-order valence-electron chi connectivity index (χ1n) is 12.6. The Hall–Kier alpha value is -0.943. The Morgan fingerprint density at radius 2 is 1.85 bits per heavy atom. The van der Waals surface area contributed by atoms with E-state index >= 15 is 0 Å². The molecule has 2 fully saturated rings. The third-order valence-electron chi connectivity index (χ3n) is 7.49. The van der Waals surface area contributed by atoms with Gasteiger partial charge in [0.1, 0.15) is 5.60 Å². The maximum Gasteiger partial charge on any atom is 0.311 e. The number of rotatable bonds is 9. The second kappa shape index (κ2) is 10.8. The molecule has 0 amide bonds. The van der Waals surface area contributed by atoms with Crippen LogP contribution in [0.2, 0.25) is 18.1 Å². The average Bonchev–Trinajstić information content (AvgIpc) is 3.06. The molecule has 0 aliphatic carbocycles. The van der Waals surface area contributed by atoms with Crippen molar-refractivity contribution >= 4 is 14.3 Å². The van der Waals surface area contributed by atoms with Gasteiger partial charge in [-0.1, -0.05) is 20.8 Å². The zero-order valence-electron chi connectivity index (χ0n) is 22.5. The van der Waals surface area contributed by atoms with E-state index < -0.39 is 19.3 Å². The number of hydrogen-bond acceptors (Lipinski definition) is 5. The third-order valence-corrected chi connectivity index (χ3v) is 12.0. The number of carbonyl (C=O) groups excluding carboxylic acids is 1. The molecular weight excluding hydrogens is 434 g/mol. The average molecular weight is 482 g/mol. The van der Waals surface area contributed by atoms with Gasteiger partial charge < -0.3 is 23.5 Å². The predicted octanol–water partition coefficient (Wildman–Crippen LogP) is 6.15. The molecule has 0 aromatic rings. The Kier molecular flexibility index (Phi) is 9.23. The van der Waals surface area contributed by atoms with Gasteiger partial charge in [0, 0.05) is 19.8 Å². The Bertz CT molecular complexity index is 705. The Labute approximate surface area is 203 Å². The fourth-order valence-electron chi connectivity index (χ4n) is 4.27. The van der Waals surface area contributed by atoms with Gasteiger partial charge in [0.05, 0.1) is 36.9 Å². The summed E-state index contributed by atoms with van der Waals surface area (Å²) in [5.41, 5.74) is -0.928. The monoisotopic (exact) mass is 481 g/mol. The van der Waals surface area contributed by atoms with Gasteiger partial charge >= 0.3 is 5.97 Å². The molecule has 0 bridgehead atoms. The molecular formula is C26H47NO5Si. The van der Waals surface area contributed by atoms with Gasteiger partial charge in [0.15, 0.2) is 8.32 Å². The minimum atomic E-state index is -1.94. The molecule has 7 heteroatoms. The molecule has 0 aromatic heterocycles. The lowest BCUT2D eigenvalue weighted by Gasteiger charge is -2.45. The molecule has 0 spiro atoms. The van der Waals surface area contributed by atoms with Crippen LogP contribution in [0.25, 0.3) is 4.85 Å². The van der Waals surface area contributed by atoms with Crippen LogP contribution in [0.3, 0.4) is 0 Å². The molecule has 0 aromatic carbocycles. The fourth-order valence-corrected chi connectivity index (χ4v) is 5.31. The van der Waals surface area contributed by atoms with Crippen molar-refractivity contribution in [3.8, 4) is 0 Å². The molecule has 33 heavy (non-hydrogen) atoms. The number of ether oxygens (including phenoxy) is 3. The zero-order valence-corrected chi connectivity index (χ0v) is 23.5. The molecule has 0 unspecified atom stereocenters. The highest BCUT2D eigenvalue weighted by Gasteiger charge is 2.54. The highest BCUT2D eigenvalue weighted by atomic mass is 28.4. The summed E-state index contributed by atoms with van der Waals surface area (Å²) in [5, 5.41) is 0.127. The summed E-state index contributed by atoms with van der Waals surface area (Å²) in [6.45, 7) is 27.2. The number of hydrogen-bond donors (Lipinski definition) is 0. The van der Waals surface area contributed by atoms with Crippen molar-refractivity contribution in [2.24, 2.45) is 5.41 Å². The van der Waals surface area contributed by atoms with Crippen molar-refractivity contribution < 1.29 is 23.4 Å². The topological polar surface area (TPSA) is 58.4 Å². The standard InChI is InChI=1S/C26H47NO5Si/c1-19(27-8)16-20-13-14-22-26(32-20,18-30-33(9,10)25(5,6)7)17-21(31-22)12-11-15-29-23(28)24(2,3)4/h19-22H,11-18H2,1-7,9-10H3/t19-,20-,21+,22+,26-/m1/s1. The Morgan fingerprint density at radius 1 is 1.18 bits per heavy atom. The molecule has 6 nitrogen and oxygen atoms in total. The summed E-state index contributed by atoms with van der Waals surface area (Å²) < 4.78 is 25.3. The molecule has 5 atom stereocenters. The van der Waals surface area contributed by atoms with Gasteiger partial charge in [-0.3, -0.25) is 4.79 Å². The Balaban J connectivity index is 2.04. The van der Waals surface area contributed by atoms with Crippen LogP contribution in [-0.4, -0.2) is 57.5 Å². The summed E-state index contributed by atoms with van der Waals surface area (Å²) in [6, 6.07) is -0.0412. The molecule has 2 heterocycles. The number of nitrogens with zero attached hydrogens (tertiary/aromatic N) is 1. The highest BCUT2D eigenvalue weighted by Crippen LogP contribution is 2.46. The normalized spacial score (nSPS) is 29.3. The lowest BCUT2D eigenvalue weighted by Crippen LogP contribution is -2.55. The van der Waals surface area contributed by atoms with Crippen LogP contribution in [0.4, 0.5) is 0 Å². The third kappa shape index (κ3) is 7.52. The van der Waals surface area contributed by atoms with Crippen molar-refractivity contribution in [1.82, 2.24) is 0 Å². The molecule has 0 N–H and O–H groups in total. The van der Waals surface area contributed by atoms with Gasteiger partial charge in [0.2, 0.25) is 6.04 Å². The van der Waals surface area contributed by atoms with Crippen LogP contribution < -0.4 is 0 Å². The maximum atomic E-state index is 12.0. The summed E-state index contributed by atoms with van der Waals surface area (Å²) in [6.07, 6.45) is 5.18. The first-order chi connectivity index (χ1) is 15.1. The van der Waals surface area contributed by atoms with Crippen LogP contribution >= 0.6 is 0 Å². The van der Waals surface area contributed by atoms with E-state index in [4.69, 9.17) is 25.2 Å². The van der Waals surface area contributed by atoms with E-state index in [0.717, 1.165) is 38.5 Å². The summed E-state index contributed by atoms with van der Waals surface area (Å²) in [7, 11) is -1.94. The molecule has 2 saturated heterocycles. The second-order valence-electron chi connectivity index (χ2n) is 12.6. The van der Waals surface area contributed by atoms with Crippen molar-refractivity contribution in [2.75, 3.05) is 13.2 Å². The first-order valence-corrected chi connectivity index (χ1v) is 15.5. The molecule has 2 rings (SSSR count). The van der Waals surface area contributed by atoms with E-state index in [1.807, 2.05) is 27.7 Å². The lowest BCUT2D eigenvalue weighted by atomic mass is 9.85. The van der Waals surface area contributed by atoms with Crippen LogP contribution in [0, 0.1) is 12.0 Å². The molecule has 2 aliphatic rings. The van der Waals surface area contributed by atoms with E-state index in [2.05, 4.69) is 38.7 Å². The SMILES string of the molecule is [C-]#[N+][C@H](C)C[C@H]1CC[C@@H]2O[C@@H](CCCOC(=O)C(C)(C)C)C[C@]2(CO[Si](C)(C)C(C)(C)C)O1. The van der Waals surface area contributed by atoms with Crippen LogP contribution in [-0.2, 0) is 23.4 Å². The van der Waals surface area contributed by atoms with Crippen molar-refractivity contribution in [1.29, 1.82) is 0 Å². The van der Waals surface area contributed by atoms with Crippen molar-refractivity contribution in [3.63, 3.8) is 0 Å². The van der Waals surface area contributed by atoms with E-state index in [1.165, 1.54) is 0 Å². The van der Waals surface area contributed by atoms with Crippen LogP contribution in [0.5, 0.6) is 0 Å². The van der Waals surface area contributed by atoms with E-state index in [9.17, 15) is 4.79 Å². The minimum Gasteiger partial charge on any atom is -0.465 e. The van der Waals surface area contributed by atoms with Crippen molar-refractivity contribution in [2.45, 2.75) is 135 Å². The van der Waals surface area contributed by atoms with E-state index in [-0.39, 0.29) is 35.4 Å². The second-order valence-corrected chi connectivity index (χ2v) is 17.4. The summed E-state index contributed by atoms with van der Waals surface area (Å²) in [5.74, 6) is -0.164. The first kappa shape index (κ1) is 28.3. The molecule has 190 valence electrons. The van der Waals surface area contributed by atoms with E-state index in [1.54, 1.807) is 0 Å². The van der Waals surface area contributed by atoms with Gasteiger partial charge in [-0.05, 0) is 64.6 Å². The minimum absolute atomic E-state index is 0.0175. The van der Waals surface area contributed by atoms with Crippen LogP contribution in [0.15, 0.2) is 0 Å². The molecule has 0 radical (unpaired) electrons. The van der Waals surface area contributed by atoms with Crippen molar-refractivity contribution in [3.05, 3.63) is 11.4 Å². The summed E-state index contributed by atoms with van der Waals surface area (Å²) >= 11 is 0. The van der Waals surface area contributed by atoms with Gasteiger partial charge in [-0.2, -0.15) is 0 Å². The number of esters is 1. The molecule has 0 saturated carbocycles. The quantitative estimate of drug-likeness (QED) is 0.171. The molecule has 2 aliphatic heterocycles.